The maximum Gasteiger partial charge on any atom is 0.169 e. The molecule has 0 aliphatic heterocycles. The summed E-state index contributed by atoms with van der Waals surface area (Å²) in [5.74, 6) is 0.401. The van der Waals surface area contributed by atoms with E-state index in [4.69, 9.17) is 9.68 Å². The van der Waals surface area contributed by atoms with Crippen molar-refractivity contribution in [3.63, 3.8) is 0 Å². The number of hydrogen-bond acceptors (Lipinski definition) is 3. The zero-order valence-electron chi connectivity index (χ0n) is 7.41. The van der Waals surface area contributed by atoms with Crippen LogP contribution in [0.2, 0.25) is 0 Å². The molecular formula is C9H10BrNO2. The van der Waals surface area contributed by atoms with Crippen molar-refractivity contribution in [2.24, 2.45) is 5.41 Å². The second kappa shape index (κ2) is 3.52. The highest BCUT2D eigenvalue weighted by molar-refractivity contribution is 9.10. The van der Waals surface area contributed by atoms with Gasteiger partial charge in [-0.15, -0.1) is 0 Å². The quantitative estimate of drug-likeness (QED) is 0.869. The molecule has 3 nitrogen and oxygen atoms in total. The van der Waals surface area contributed by atoms with Gasteiger partial charge < -0.3 is 9.52 Å². The molecule has 0 spiro atoms. The first kappa shape index (κ1) is 10.3. The fourth-order valence-electron chi connectivity index (χ4n) is 0.892. The Hall–Kier alpha value is -0.790. The third-order valence-electron chi connectivity index (χ3n) is 1.84. The molecule has 0 fully saturated rings. The van der Waals surface area contributed by atoms with E-state index in [1.54, 1.807) is 26.0 Å². The first-order chi connectivity index (χ1) is 5.97. The molecule has 0 bridgehead atoms. The van der Waals surface area contributed by atoms with Crippen LogP contribution in [0.5, 0.6) is 0 Å². The van der Waals surface area contributed by atoms with Gasteiger partial charge in [-0.2, -0.15) is 5.26 Å². The summed E-state index contributed by atoms with van der Waals surface area (Å²) >= 11 is 3.13. The molecule has 0 amide bonds. The van der Waals surface area contributed by atoms with Crippen molar-refractivity contribution in [2.45, 2.75) is 20.0 Å². The highest BCUT2D eigenvalue weighted by Gasteiger charge is 2.31. The fourth-order valence-corrected chi connectivity index (χ4v) is 1.21. The summed E-state index contributed by atoms with van der Waals surface area (Å²) in [6, 6.07) is 5.36. The first-order valence-electron chi connectivity index (χ1n) is 3.82. The number of nitriles is 1. The van der Waals surface area contributed by atoms with E-state index in [2.05, 4.69) is 15.9 Å². The smallest absolute Gasteiger partial charge is 0.169 e. The average Bonchev–Trinajstić information content (AvgIpc) is 2.50. The summed E-state index contributed by atoms with van der Waals surface area (Å²) < 4.78 is 5.70. The molecule has 1 aromatic rings. The predicted molar refractivity (Wildman–Crippen MR) is 50.8 cm³/mol. The SMILES string of the molecule is CC(C)(C#N)C(O)c1ccc(Br)o1. The molecule has 1 atom stereocenters. The van der Waals surface area contributed by atoms with Gasteiger partial charge in [0.25, 0.3) is 0 Å². The summed E-state index contributed by atoms with van der Waals surface area (Å²) in [6.45, 7) is 3.32. The van der Waals surface area contributed by atoms with Crippen LogP contribution in [-0.4, -0.2) is 5.11 Å². The van der Waals surface area contributed by atoms with Crippen molar-refractivity contribution >= 4 is 15.9 Å². The second-order valence-corrected chi connectivity index (χ2v) is 4.16. The van der Waals surface area contributed by atoms with Gasteiger partial charge >= 0.3 is 0 Å². The van der Waals surface area contributed by atoms with Gasteiger partial charge in [-0.25, -0.2) is 0 Å². The van der Waals surface area contributed by atoms with Gasteiger partial charge in [-0.3, -0.25) is 0 Å². The maximum atomic E-state index is 9.72. The molecule has 0 saturated heterocycles. The third-order valence-corrected chi connectivity index (χ3v) is 2.26. The topological polar surface area (TPSA) is 57.2 Å². The Morgan fingerprint density at radius 2 is 2.23 bits per heavy atom. The minimum Gasteiger partial charge on any atom is -0.452 e. The molecule has 1 heterocycles. The molecule has 0 radical (unpaired) electrons. The highest BCUT2D eigenvalue weighted by Crippen LogP contribution is 2.34. The minimum atomic E-state index is -0.899. The number of halogens is 1. The van der Waals surface area contributed by atoms with Gasteiger partial charge in [-0.05, 0) is 41.9 Å². The van der Waals surface area contributed by atoms with E-state index in [9.17, 15) is 5.11 Å². The van der Waals surface area contributed by atoms with E-state index in [0.717, 1.165) is 0 Å². The van der Waals surface area contributed by atoms with Crippen LogP contribution < -0.4 is 0 Å². The summed E-state index contributed by atoms with van der Waals surface area (Å²) in [5.41, 5.74) is -0.836. The number of nitrogens with zero attached hydrogens (tertiary/aromatic N) is 1. The molecule has 0 aromatic carbocycles. The lowest BCUT2D eigenvalue weighted by Crippen LogP contribution is -2.19. The van der Waals surface area contributed by atoms with Crippen molar-refractivity contribution in [1.29, 1.82) is 5.26 Å². The lowest BCUT2D eigenvalue weighted by Gasteiger charge is -2.20. The van der Waals surface area contributed by atoms with Crippen molar-refractivity contribution < 1.29 is 9.52 Å². The van der Waals surface area contributed by atoms with Gasteiger partial charge in [0.2, 0.25) is 0 Å². The number of hydrogen-bond donors (Lipinski definition) is 1. The molecule has 0 aliphatic rings. The summed E-state index contributed by atoms with van der Waals surface area (Å²) in [5, 5.41) is 18.5. The molecule has 0 aliphatic carbocycles. The standard InChI is InChI=1S/C9H10BrNO2/c1-9(2,5-11)8(12)6-3-4-7(10)13-6/h3-4,8,12H,1-2H3. The van der Waals surface area contributed by atoms with Gasteiger partial charge in [0.15, 0.2) is 4.67 Å². The Morgan fingerprint density at radius 1 is 1.62 bits per heavy atom. The van der Waals surface area contributed by atoms with Crippen LogP contribution in [0.25, 0.3) is 0 Å². The van der Waals surface area contributed by atoms with Crippen LogP contribution in [0, 0.1) is 16.7 Å². The molecule has 1 N–H and O–H groups in total. The molecule has 0 saturated carbocycles. The van der Waals surface area contributed by atoms with E-state index in [0.29, 0.717) is 10.4 Å². The molecule has 1 unspecified atom stereocenters. The fraction of sp³-hybridized carbons (Fsp3) is 0.444. The Morgan fingerprint density at radius 3 is 2.62 bits per heavy atom. The Bertz CT molecular complexity index is 338. The zero-order valence-corrected chi connectivity index (χ0v) is 9.00. The van der Waals surface area contributed by atoms with Crippen LogP contribution in [0.1, 0.15) is 25.7 Å². The normalized spacial score (nSPS) is 13.8. The monoisotopic (exact) mass is 243 g/mol. The molecular weight excluding hydrogens is 234 g/mol. The van der Waals surface area contributed by atoms with E-state index in [1.165, 1.54) is 0 Å². The van der Waals surface area contributed by atoms with Crippen LogP contribution in [0.4, 0.5) is 0 Å². The zero-order chi connectivity index (χ0) is 10.1. The first-order valence-corrected chi connectivity index (χ1v) is 4.61. The molecule has 1 rings (SSSR count). The Balaban J connectivity index is 2.92. The number of furan rings is 1. The van der Waals surface area contributed by atoms with E-state index < -0.39 is 11.5 Å². The largest absolute Gasteiger partial charge is 0.452 e. The Labute approximate surface area is 85.1 Å². The van der Waals surface area contributed by atoms with Crippen molar-refractivity contribution in [3.8, 4) is 6.07 Å². The third kappa shape index (κ3) is 2.11. The van der Waals surface area contributed by atoms with Gasteiger partial charge in [0, 0.05) is 0 Å². The summed E-state index contributed by atoms with van der Waals surface area (Å²) in [6.07, 6.45) is -0.899. The minimum absolute atomic E-state index is 0.401. The van der Waals surface area contributed by atoms with Crippen LogP contribution >= 0.6 is 15.9 Å². The van der Waals surface area contributed by atoms with Crippen LogP contribution in [0.3, 0.4) is 0 Å². The van der Waals surface area contributed by atoms with E-state index >= 15 is 0 Å². The van der Waals surface area contributed by atoms with Crippen molar-refractivity contribution in [2.75, 3.05) is 0 Å². The molecule has 1 aromatic heterocycles. The van der Waals surface area contributed by atoms with Crippen molar-refractivity contribution in [3.05, 3.63) is 22.6 Å². The Kier molecular flexibility index (Phi) is 2.79. The lowest BCUT2D eigenvalue weighted by molar-refractivity contribution is 0.0648. The second-order valence-electron chi connectivity index (χ2n) is 3.38. The molecule has 13 heavy (non-hydrogen) atoms. The van der Waals surface area contributed by atoms with Crippen molar-refractivity contribution in [1.82, 2.24) is 0 Å². The number of rotatable bonds is 2. The van der Waals surface area contributed by atoms with Gasteiger partial charge in [0.05, 0.1) is 11.5 Å². The predicted octanol–water partition coefficient (Wildman–Crippen LogP) is 2.63. The van der Waals surface area contributed by atoms with E-state index in [-0.39, 0.29) is 0 Å². The van der Waals surface area contributed by atoms with E-state index in [1.807, 2.05) is 6.07 Å². The molecule has 4 heteroatoms. The highest BCUT2D eigenvalue weighted by atomic mass is 79.9. The lowest BCUT2D eigenvalue weighted by atomic mass is 9.87. The van der Waals surface area contributed by atoms with Crippen LogP contribution in [0.15, 0.2) is 21.2 Å². The van der Waals surface area contributed by atoms with Gasteiger partial charge in [-0.1, -0.05) is 0 Å². The molecule has 70 valence electrons. The summed E-state index contributed by atoms with van der Waals surface area (Å²) in [4.78, 5) is 0. The maximum absolute atomic E-state index is 9.72. The van der Waals surface area contributed by atoms with Crippen LogP contribution in [-0.2, 0) is 0 Å². The summed E-state index contributed by atoms with van der Waals surface area (Å²) in [7, 11) is 0. The number of aliphatic hydroxyl groups excluding tert-OH is 1. The number of aliphatic hydroxyl groups is 1. The average molecular weight is 244 g/mol. The van der Waals surface area contributed by atoms with Gasteiger partial charge in [0.1, 0.15) is 11.9 Å².